The van der Waals surface area contributed by atoms with E-state index in [9.17, 15) is 4.79 Å². The van der Waals surface area contributed by atoms with E-state index >= 15 is 0 Å². The largest absolute Gasteiger partial charge is 0.321 e. The van der Waals surface area contributed by atoms with Crippen molar-refractivity contribution >= 4 is 50.1 Å². The van der Waals surface area contributed by atoms with Gasteiger partial charge in [-0.2, -0.15) is 10.2 Å². The van der Waals surface area contributed by atoms with Gasteiger partial charge in [0.15, 0.2) is 5.69 Å². The Morgan fingerprint density at radius 1 is 1.30 bits per heavy atom. The molecule has 1 aromatic carbocycles. The molecule has 3 aromatic rings. The minimum absolute atomic E-state index is 0.209. The topological polar surface area (TPSA) is 64.7 Å². The van der Waals surface area contributed by atoms with Crippen molar-refractivity contribution in [2.75, 3.05) is 5.32 Å². The summed E-state index contributed by atoms with van der Waals surface area (Å²) in [5, 5.41) is 11.2. The number of rotatable bonds is 4. The Morgan fingerprint density at radius 2 is 2.04 bits per heavy atom. The van der Waals surface area contributed by atoms with Crippen LogP contribution in [0.3, 0.4) is 0 Å². The number of carbonyl (C=O) groups excluding carboxylic acids is 1. The van der Waals surface area contributed by atoms with Gasteiger partial charge in [0.25, 0.3) is 5.91 Å². The van der Waals surface area contributed by atoms with Gasteiger partial charge in [-0.1, -0.05) is 12.1 Å². The minimum Gasteiger partial charge on any atom is -0.321 e. The lowest BCUT2D eigenvalue weighted by molar-refractivity contribution is 0.102. The third kappa shape index (κ3) is 3.99. The third-order valence-electron chi connectivity index (χ3n) is 3.16. The van der Waals surface area contributed by atoms with Crippen LogP contribution in [-0.2, 0) is 13.6 Å². The molecule has 0 radical (unpaired) electrons. The molecule has 118 valence electrons. The van der Waals surface area contributed by atoms with Crippen molar-refractivity contribution < 1.29 is 4.79 Å². The Balaban J connectivity index is 1.67. The van der Waals surface area contributed by atoms with Gasteiger partial charge >= 0.3 is 0 Å². The van der Waals surface area contributed by atoms with E-state index in [1.54, 1.807) is 24.1 Å². The lowest BCUT2D eigenvalue weighted by atomic mass is 10.2. The molecule has 0 unspecified atom stereocenters. The van der Waals surface area contributed by atoms with Gasteiger partial charge in [0.1, 0.15) is 0 Å². The molecule has 0 aliphatic rings. The highest BCUT2D eigenvalue weighted by atomic mass is 127. The maximum atomic E-state index is 12.2. The van der Waals surface area contributed by atoms with Crippen LogP contribution in [0.5, 0.6) is 0 Å². The summed E-state index contributed by atoms with van der Waals surface area (Å²) < 4.78 is 5.24. The molecule has 23 heavy (non-hydrogen) atoms. The summed E-state index contributed by atoms with van der Waals surface area (Å²) in [7, 11) is 1.79. The standard InChI is InChI=1S/C15H13BrIN5O/c1-21-9-13(17)14(20-21)15(23)19-12-4-2-10(3-5-12)7-22-8-11(16)6-18-22/h2-6,8-9H,7H2,1H3,(H,19,23). The van der Waals surface area contributed by atoms with E-state index in [2.05, 4.69) is 54.0 Å². The zero-order chi connectivity index (χ0) is 16.4. The molecular weight excluding hydrogens is 473 g/mol. The number of nitrogens with one attached hydrogen (secondary N) is 1. The predicted octanol–water partition coefficient (Wildman–Crippen LogP) is 3.28. The van der Waals surface area contributed by atoms with E-state index in [1.807, 2.05) is 35.1 Å². The molecule has 2 heterocycles. The molecule has 0 saturated heterocycles. The fraction of sp³-hybridized carbons (Fsp3) is 0.133. The van der Waals surface area contributed by atoms with E-state index in [0.29, 0.717) is 12.2 Å². The van der Waals surface area contributed by atoms with E-state index in [-0.39, 0.29) is 5.91 Å². The molecule has 0 bridgehead atoms. The molecule has 2 aromatic heterocycles. The van der Waals surface area contributed by atoms with Gasteiger partial charge in [0, 0.05) is 25.1 Å². The van der Waals surface area contributed by atoms with Gasteiger partial charge in [-0.15, -0.1) is 0 Å². The molecule has 0 aliphatic heterocycles. The first kappa shape index (κ1) is 16.2. The number of anilines is 1. The predicted molar refractivity (Wildman–Crippen MR) is 99.3 cm³/mol. The maximum absolute atomic E-state index is 12.2. The second-order valence-electron chi connectivity index (χ2n) is 5.01. The van der Waals surface area contributed by atoms with Crippen LogP contribution in [0.25, 0.3) is 0 Å². The Kier molecular flexibility index (Phi) is 4.81. The first-order valence-corrected chi connectivity index (χ1v) is 8.66. The van der Waals surface area contributed by atoms with Crippen molar-refractivity contribution in [3.63, 3.8) is 0 Å². The van der Waals surface area contributed by atoms with Gasteiger partial charge in [-0.25, -0.2) is 0 Å². The van der Waals surface area contributed by atoms with Crippen molar-refractivity contribution in [3.8, 4) is 0 Å². The number of benzene rings is 1. The fourth-order valence-corrected chi connectivity index (χ4v) is 3.19. The van der Waals surface area contributed by atoms with Gasteiger partial charge in [0.05, 0.1) is 20.8 Å². The highest BCUT2D eigenvalue weighted by Gasteiger charge is 2.14. The average Bonchev–Trinajstić information content (AvgIpc) is 3.06. The van der Waals surface area contributed by atoms with Gasteiger partial charge in [0.2, 0.25) is 0 Å². The Hall–Kier alpha value is -1.68. The molecule has 6 nitrogen and oxygen atoms in total. The van der Waals surface area contributed by atoms with Crippen LogP contribution in [0, 0.1) is 3.57 Å². The van der Waals surface area contributed by atoms with Crippen LogP contribution in [0.15, 0.2) is 47.3 Å². The third-order valence-corrected chi connectivity index (χ3v) is 4.36. The summed E-state index contributed by atoms with van der Waals surface area (Å²) in [6.07, 6.45) is 5.47. The van der Waals surface area contributed by atoms with E-state index in [4.69, 9.17) is 0 Å². The van der Waals surface area contributed by atoms with Crippen molar-refractivity contribution in [2.24, 2.45) is 7.05 Å². The number of amides is 1. The van der Waals surface area contributed by atoms with Crippen LogP contribution in [0.4, 0.5) is 5.69 Å². The van der Waals surface area contributed by atoms with Crippen LogP contribution in [0.1, 0.15) is 16.1 Å². The van der Waals surface area contributed by atoms with Crippen molar-refractivity contribution in [1.82, 2.24) is 19.6 Å². The number of carbonyl (C=O) groups is 1. The Morgan fingerprint density at radius 3 is 2.61 bits per heavy atom. The lowest BCUT2D eigenvalue weighted by Gasteiger charge is -2.06. The van der Waals surface area contributed by atoms with Crippen LogP contribution >= 0.6 is 38.5 Å². The summed E-state index contributed by atoms with van der Waals surface area (Å²) in [5.74, 6) is -0.209. The first-order valence-electron chi connectivity index (χ1n) is 6.78. The van der Waals surface area contributed by atoms with E-state index in [0.717, 1.165) is 19.3 Å². The van der Waals surface area contributed by atoms with Gasteiger partial charge in [-0.05, 0) is 56.2 Å². The number of hydrogen-bond acceptors (Lipinski definition) is 3. The second-order valence-corrected chi connectivity index (χ2v) is 7.08. The summed E-state index contributed by atoms with van der Waals surface area (Å²) in [6, 6.07) is 7.69. The molecule has 0 aliphatic carbocycles. The highest BCUT2D eigenvalue weighted by molar-refractivity contribution is 14.1. The molecule has 0 spiro atoms. The summed E-state index contributed by atoms with van der Waals surface area (Å²) in [5.41, 5.74) is 2.27. The number of halogens is 2. The van der Waals surface area contributed by atoms with Crippen LogP contribution < -0.4 is 5.32 Å². The molecule has 1 N–H and O–H groups in total. The normalized spacial score (nSPS) is 10.7. The van der Waals surface area contributed by atoms with Crippen LogP contribution in [-0.4, -0.2) is 25.5 Å². The van der Waals surface area contributed by atoms with Crippen molar-refractivity contribution in [3.05, 3.63) is 62.2 Å². The van der Waals surface area contributed by atoms with Gasteiger partial charge in [-0.3, -0.25) is 14.2 Å². The molecule has 8 heteroatoms. The summed E-state index contributed by atoms with van der Waals surface area (Å²) >= 11 is 5.48. The lowest BCUT2D eigenvalue weighted by Crippen LogP contribution is -2.14. The molecule has 0 atom stereocenters. The maximum Gasteiger partial charge on any atom is 0.277 e. The Bertz CT molecular complexity index is 840. The molecule has 3 rings (SSSR count). The monoisotopic (exact) mass is 485 g/mol. The second kappa shape index (κ2) is 6.83. The quantitative estimate of drug-likeness (QED) is 0.577. The first-order chi connectivity index (χ1) is 11.0. The summed E-state index contributed by atoms with van der Waals surface area (Å²) in [4.78, 5) is 12.2. The molecule has 1 amide bonds. The highest BCUT2D eigenvalue weighted by Crippen LogP contribution is 2.15. The van der Waals surface area contributed by atoms with Crippen molar-refractivity contribution in [2.45, 2.75) is 6.54 Å². The molecule has 0 fully saturated rings. The van der Waals surface area contributed by atoms with E-state index in [1.165, 1.54) is 0 Å². The van der Waals surface area contributed by atoms with Crippen LogP contribution in [0.2, 0.25) is 0 Å². The smallest absolute Gasteiger partial charge is 0.277 e. The molecular formula is C15H13BrIN5O. The zero-order valence-electron chi connectivity index (χ0n) is 12.2. The number of aryl methyl sites for hydroxylation is 1. The molecule has 0 saturated carbocycles. The number of aromatic nitrogens is 4. The fourth-order valence-electron chi connectivity index (χ4n) is 2.11. The SMILES string of the molecule is Cn1cc(I)c(C(=O)Nc2ccc(Cn3cc(Br)cn3)cc2)n1. The van der Waals surface area contributed by atoms with Gasteiger partial charge < -0.3 is 5.32 Å². The number of nitrogens with zero attached hydrogens (tertiary/aromatic N) is 4. The number of hydrogen-bond donors (Lipinski definition) is 1. The minimum atomic E-state index is -0.209. The summed E-state index contributed by atoms with van der Waals surface area (Å²) in [6.45, 7) is 0.679. The average molecular weight is 486 g/mol. The van der Waals surface area contributed by atoms with E-state index < -0.39 is 0 Å². The Labute approximate surface area is 155 Å². The zero-order valence-corrected chi connectivity index (χ0v) is 15.9. The van der Waals surface area contributed by atoms with Crippen molar-refractivity contribution in [1.29, 1.82) is 0 Å².